The zero-order valence-electron chi connectivity index (χ0n) is 13.7. The molecule has 7 heteroatoms. The lowest BCUT2D eigenvalue weighted by Gasteiger charge is -2.37. The molecule has 1 aromatic rings. The van der Waals surface area contributed by atoms with Crippen LogP contribution in [0, 0.1) is 0 Å². The third-order valence-corrected chi connectivity index (χ3v) is 4.01. The van der Waals surface area contributed by atoms with Crippen LogP contribution in [0.1, 0.15) is 39.4 Å². The van der Waals surface area contributed by atoms with Crippen LogP contribution in [0.2, 0.25) is 0 Å². The van der Waals surface area contributed by atoms with Gasteiger partial charge in [0.15, 0.2) is 0 Å². The van der Waals surface area contributed by atoms with Gasteiger partial charge in [-0.2, -0.15) is 0 Å². The number of carbonyl (C=O) groups excluding carboxylic acids is 1. The van der Waals surface area contributed by atoms with E-state index in [1.54, 1.807) is 16.2 Å². The molecule has 2 heterocycles. The van der Waals surface area contributed by atoms with Gasteiger partial charge in [0, 0.05) is 24.5 Å². The standard InChI is InChI=1S/C15H25N3O3S/c1-11(13-9-22-10-17-13)16-7-12-8-20-6-5-18(12)14(19)21-15(2,3)4/h9-12,16H,5-8H2,1-4H3. The minimum atomic E-state index is -0.485. The van der Waals surface area contributed by atoms with E-state index in [1.807, 2.05) is 31.7 Å². The number of thiazole rings is 1. The second kappa shape index (κ2) is 7.39. The molecule has 0 bridgehead atoms. The first-order valence-corrected chi connectivity index (χ1v) is 8.50. The molecule has 0 aliphatic carbocycles. The van der Waals surface area contributed by atoms with Crippen molar-refractivity contribution in [2.24, 2.45) is 0 Å². The number of hydrogen-bond acceptors (Lipinski definition) is 6. The highest BCUT2D eigenvalue weighted by atomic mass is 32.1. The van der Waals surface area contributed by atoms with E-state index in [1.165, 1.54) is 0 Å². The van der Waals surface area contributed by atoms with E-state index in [0.29, 0.717) is 26.3 Å². The fourth-order valence-electron chi connectivity index (χ4n) is 2.24. The summed E-state index contributed by atoms with van der Waals surface area (Å²) in [5, 5.41) is 5.45. The van der Waals surface area contributed by atoms with Gasteiger partial charge in [0.1, 0.15) is 5.60 Å². The highest BCUT2D eigenvalue weighted by molar-refractivity contribution is 7.07. The predicted octanol–water partition coefficient (Wildman–Crippen LogP) is 2.43. The van der Waals surface area contributed by atoms with Gasteiger partial charge in [-0.3, -0.25) is 4.90 Å². The molecule has 0 saturated carbocycles. The van der Waals surface area contributed by atoms with Gasteiger partial charge < -0.3 is 14.8 Å². The molecule has 6 nitrogen and oxygen atoms in total. The van der Waals surface area contributed by atoms with Gasteiger partial charge in [-0.25, -0.2) is 9.78 Å². The summed E-state index contributed by atoms with van der Waals surface area (Å²) in [5.41, 5.74) is 2.36. The third kappa shape index (κ3) is 4.93. The summed E-state index contributed by atoms with van der Waals surface area (Å²) in [6.45, 7) is 9.99. The zero-order chi connectivity index (χ0) is 16.2. The summed E-state index contributed by atoms with van der Waals surface area (Å²) in [5.74, 6) is 0. The topological polar surface area (TPSA) is 63.7 Å². The number of morpholine rings is 1. The van der Waals surface area contributed by atoms with Crippen LogP contribution in [-0.4, -0.2) is 53.9 Å². The molecule has 1 amide bonds. The van der Waals surface area contributed by atoms with Crippen LogP contribution in [0.3, 0.4) is 0 Å². The van der Waals surface area contributed by atoms with E-state index in [4.69, 9.17) is 9.47 Å². The number of rotatable bonds is 4. The monoisotopic (exact) mass is 327 g/mol. The Hall–Kier alpha value is -1.18. The Morgan fingerprint density at radius 1 is 1.64 bits per heavy atom. The molecular formula is C15H25N3O3S. The van der Waals surface area contributed by atoms with Crippen molar-refractivity contribution in [2.75, 3.05) is 26.3 Å². The minimum absolute atomic E-state index is 0.0234. The molecule has 1 aliphatic rings. The average molecular weight is 327 g/mol. The lowest BCUT2D eigenvalue weighted by Crippen LogP contribution is -2.54. The second-order valence-corrected chi connectivity index (χ2v) is 7.16. The molecule has 0 spiro atoms. The number of ether oxygens (including phenoxy) is 2. The van der Waals surface area contributed by atoms with Crippen molar-refractivity contribution in [3.63, 3.8) is 0 Å². The molecule has 1 aromatic heterocycles. The largest absolute Gasteiger partial charge is 0.444 e. The number of carbonyl (C=O) groups is 1. The van der Waals surface area contributed by atoms with E-state index in [2.05, 4.69) is 17.2 Å². The van der Waals surface area contributed by atoms with Gasteiger partial charge in [0.25, 0.3) is 0 Å². The van der Waals surface area contributed by atoms with Crippen LogP contribution in [0.5, 0.6) is 0 Å². The molecule has 22 heavy (non-hydrogen) atoms. The van der Waals surface area contributed by atoms with Crippen LogP contribution in [0.15, 0.2) is 10.9 Å². The molecule has 124 valence electrons. The quantitative estimate of drug-likeness (QED) is 0.920. The van der Waals surface area contributed by atoms with Crippen molar-refractivity contribution in [1.29, 1.82) is 0 Å². The Morgan fingerprint density at radius 3 is 3.05 bits per heavy atom. The number of hydrogen-bond donors (Lipinski definition) is 1. The smallest absolute Gasteiger partial charge is 0.410 e. The maximum Gasteiger partial charge on any atom is 0.410 e. The van der Waals surface area contributed by atoms with Crippen molar-refractivity contribution in [3.05, 3.63) is 16.6 Å². The molecule has 1 fully saturated rings. The normalized spacial score (nSPS) is 20.7. The van der Waals surface area contributed by atoms with Crippen molar-refractivity contribution in [1.82, 2.24) is 15.2 Å². The molecule has 2 unspecified atom stereocenters. The van der Waals surface area contributed by atoms with Crippen molar-refractivity contribution < 1.29 is 14.3 Å². The van der Waals surface area contributed by atoms with Crippen LogP contribution in [0.4, 0.5) is 4.79 Å². The molecular weight excluding hydrogens is 302 g/mol. The molecule has 1 N–H and O–H groups in total. The van der Waals surface area contributed by atoms with E-state index >= 15 is 0 Å². The van der Waals surface area contributed by atoms with E-state index in [0.717, 1.165) is 5.69 Å². The first kappa shape index (κ1) is 17.2. The fraction of sp³-hybridized carbons (Fsp3) is 0.733. The van der Waals surface area contributed by atoms with Gasteiger partial charge in [0.2, 0.25) is 0 Å². The lowest BCUT2D eigenvalue weighted by molar-refractivity contribution is -0.0321. The summed E-state index contributed by atoms with van der Waals surface area (Å²) in [4.78, 5) is 18.4. The molecule has 0 radical (unpaired) electrons. The van der Waals surface area contributed by atoms with Gasteiger partial charge in [-0.1, -0.05) is 0 Å². The second-order valence-electron chi connectivity index (χ2n) is 6.45. The Labute approximate surface area is 135 Å². The Morgan fingerprint density at radius 2 is 2.41 bits per heavy atom. The summed E-state index contributed by atoms with van der Waals surface area (Å²) in [6, 6.07) is 0.123. The maximum absolute atomic E-state index is 12.3. The van der Waals surface area contributed by atoms with E-state index in [9.17, 15) is 4.79 Å². The van der Waals surface area contributed by atoms with Crippen LogP contribution in [0.25, 0.3) is 0 Å². The summed E-state index contributed by atoms with van der Waals surface area (Å²) >= 11 is 1.58. The lowest BCUT2D eigenvalue weighted by atomic mass is 10.2. The maximum atomic E-state index is 12.3. The van der Waals surface area contributed by atoms with Crippen molar-refractivity contribution in [2.45, 2.75) is 45.4 Å². The van der Waals surface area contributed by atoms with Crippen LogP contribution < -0.4 is 5.32 Å². The summed E-state index contributed by atoms with van der Waals surface area (Å²) in [7, 11) is 0. The van der Waals surface area contributed by atoms with Gasteiger partial charge in [0.05, 0.1) is 30.5 Å². The highest BCUT2D eigenvalue weighted by Gasteiger charge is 2.31. The molecule has 1 saturated heterocycles. The Balaban J connectivity index is 1.90. The first-order valence-electron chi connectivity index (χ1n) is 7.55. The Bertz CT molecular complexity index is 473. The number of amides is 1. The van der Waals surface area contributed by atoms with Gasteiger partial charge in [-0.05, 0) is 27.7 Å². The molecule has 1 aliphatic heterocycles. The van der Waals surface area contributed by atoms with Gasteiger partial charge >= 0.3 is 6.09 Å². The average Bonchev–Trinajstić information content (AvgIpc) is 2.97. The van der Waals surface area contributed by atoms with Crippen molar-refractivity contribution >= 4 is 17.4 Å². The zero-order valence-corrected chi connectivity index (χ0v) is 14.5. The molecule has 0 aromatic carbocycles. The van der Waals surface area contributed by atoms with Gasteiger partial charge in [-0.15, -0.1) is 11.3 Å². The number of nitrogens with one attached hydrogen (secondary N) is 1. The first-order chi connectivity index (χ1) is 10.4. The predicted molar refractivity (Wildman–Crippen MR) is 86.1 cm³/mol. The summed E-state index contributed by atoms with van der Waals surface area (Å²) in [6.07, 6.45) is -0.274. The van der Waals surface area contributed by atoms with E-state index in [-0.39, 0.29) is 18.2 Å². The number of aromatic nitrogens is 1. The fourth-order valence-corrected chi connectivity index (χ4v) is 2.89. The molecule has 2 atom stereocenters. The number of nitrogens with zero attached hydrogens (tertiary/aromatic N) is 2. The third-order valence-electron chi connectivity index (χ3n) is 3.41. The highest BCUT2D eigenvalue weighted by Crippen LogP contribution is 2.16. The van der Waals surface area contributed by atoms with E-state index < -0.39 is 5.60 Å². The minimum Gasteiger partial charge on any atom is -0.444 e. The SMILES string of the molecule is CC(NCC1COCCN1C(=O)OC(C)(C)C)c1cscn1. The van der Waals surface area contributed by atoms with Crippen LogP contribution in [-0.2, 0) is 9.47 Å². The van der Waals surface area contributed by atoms with Crippen molar-refractivity contribution in [3.8, 4) is 0 Å². The Kier molecular flexibility index (Phi) is 5.77. The molecule has 2 rings (SSSR count). The summed E-state index contributed by atoms with van der Waals surface area (Å²) < 4.78 is 11.0. The van der Waals surface area contributed by atoms with Crippen LogP contribution >= 0.6 is 11.3 Å².